The second-order valence-corrected chi connectivity index (χ2v) is 3.76. The van der Waals surface area contributed by atoms with Gasteiger partial charge in [0.15, 0.2) is 0 Å². The molecule has 0 fully saturated rings. The Hall–Kier alpha value is -0.430. The van der Waals surface area contributed by atoms with Gasteiger partial charge in [-0.3, -0.25) is 0 Å². The SMILES string of the molecule is [C]1CCCSc2ccccc21. The topological polar surface area (TPSA) is 0 Å². The predicted molar refractivity (Wildman–Crippen MR) is 48.7 cm³/mol. The molecule has 11 heavy (non-hydrogen) atoms. The quantitative estimate of drug-likeness (QED) is 0.565. The molecule has 1 aromatic carbocycles. The van der Waals surface area contributed by atoms with E-state index in [-0.39, 0.29) is 0 Å². The molecule has 0 atom stereocenters. The highest BCUT2D eigenvalue weighted by Gasteiger charge is 2.06. The van der Waals surface area contributed by atoms with Crippen LogP contribution in [0.2, 0.25) is 0 Å². The van der Waals surface area contributed by atoms with Crippen LogP contribution in [-0.4, -0.2) is 5.75 Å². The predicted octanol–water partition coefficient (Wildman–Crippen LogP) is 3.00. The number of hydrogen-bond donors (Lipinski definition) is 0. The highest BCUT2D eigenvalue weighted by Crippen LogP contribution is 2.29. The zero-order chi connectivity index (χ0) is 7.52. The molecule has 1 heteroatoms. The molecule has 1 aromatic rings. The molecular formula is C10H10S. The molecule has 2 rings (SSSR count). The lowest BCUT2D eigenvalue weighted by Crippen LogP contribution is -1.80. The van der Waals surface area contributed by atoms with Crippen molar-refractivity contribution in [1.29, 1.82) is 0 Å². The fraction of sp³-hybridized carbons (Fsp3) is 0.300. The van der Waals surface area contributed by atoms with Gasteiger partial charge in [0.2, 0.25) is 0 Å². The monoisotopic (exact) mass is 162 g/mol. The second-order valence-electron chi connectivity index (χ2n) is 2.62. The fourth-order valence-corrected chi connectivity index (χ4v) is 2.19. The van der Waals surface area contributed by atoms with Gasteiger partial charge in [-0.2, -0.15) is 0 Å². The van der Waals surface area contributed by atoms with Gasteiger partial charge in [-0.15, -0.1) is 11.8 Å². The summed E-state index contributed by atoms with van der Waals surface area (Å²) >= 11 is 1.95. The van der Waals surface area contributed by atoms with Crippen molar-refractivity contribution < 1.29 is 0 Å². The molecule has 0 bridgehead atoms. The molecule has 0 N–H and O–H groups in total. The van der Waals surface area contributed by atoms with Crippen molar-refractivity contribution in [2.75, 3.05) is 5.75 Å². The summed E-state index contributed by atoms with van der Waals surface area (Å²) in [6.07, 6.45) is 5.78. The van der Waals surface area contributed by atoms with Crippen LogP contribution in [0.25, 0.3) is 0 Å². The summed E-state index contributed by atoms with van der Waals surface area (Å²) in [6, 6.07) is 8.50. The minimum atomic E-state index is 1.12. The fourth-order valence-electron chi connectivity index (χ4n) is 1.22. The summed E-state index contributed by atoms with van der Waals surface area (Å²) in [5, 5.41) is 0. The van der Waals surface area contributed by atoms with Gasteiger partial charge < -0.3 is 0 Å². The summed E-state index contributed by atoms with van der Waals surface area (Å²) in [6.45, 7) is 0. The zero-order valence-electron chi connectivity index (χ0n) is 6.34. The third-order valence-corrected chi connectivity index (χ3v) is 2.94. The van der Waals surface area contributed by atoms with Crippen LogP contribution >= 0.6 is 11.8 Å². The van der Waals surface area contributed by atoms with Crippen molar-refractivity contribution in [3.05, 3.63) is 36.2 Å². The first-order valence-electron chi connectivity index (χ1n) is 3.92. The van der Waals surface area contributed by atoms with E-state index < -0.39 is 0 Å². The summed E-state index contributed by atoms with van der Waals surface area (Å²) in [7, 11) is 0. The van der Waals surface area contributed by atoms with Crippen molar-refractivity contribution >= 4 is 11.8 Å². The lowest BCUT2D eigenvalue weighted by atomic mass is 10.1. The van der Waals surface area contributed by atoms with Crippen LogP contribution in [-0.2, 0) is 0 Å². The first-order valence-corrected chi connectivity index (χ1v) is 4.91. The average Bonchev–Trinajstić information content (AvgIpc) is 2.28. The highest BCUT2D eigenvalue weighted by molar-refractivity contribution is 7.99. The van der Waals surface area contributed by atoms with Crippen molar-refractivity contribution in [2.24, 2.45) is 0 Å². The maximum atomic E-state index is 3.40. The molecule has 0 unspecified atom stereocenters. The number of thioether (sulfide) groups is 1. The number of fused-ring (bicyclic) bond motifs is 1. The van der Waals surface area contributed by atoms with E-state index >= 15 is 0 Å². The van der Waals surface area contributed by atoms with Crippen LogP contribution in [0.3, 0.4) is 0 Å². The van der Waals surface area contributed by atoms with Crippen LogP contribution in [0.1, 0.15) is 18.4 Å². The van der Waals surface area contributed by atoms with E-state index in [1.54, 1.807) is 0 Å². The Morgan fingerprint density at radius 1 is 1.27 bits per heavy atom. The Morgan fingerprint density at radius 3 is 3.18 bits per heavy atom. The minimum Gasteiger partial charge on any atom is -0.126 e. The summed E-state index contributed by atoms with van der Waals surface area (Å²) in [5.74, 6) is 1.24. The van der Waals surface area contributed by atoms with Gasteiger partial charge in [0.1, 0.15) is 0 Å². The van der Waals surface area contributed by atoms with Crippen molar-refractivity contribution in [1.82, 2.24) is 0 Å². The van der Waals surface area contributed by atoms with Crippen molar-refractivity contribution in [3.8, 4) is 0 Å². The second kappa shape index (κ2) is 3.31. The first kappa shape index (κ1) is 7.23. The Kier molecular flexibility index (Phi) is 2.18. The van der Waals surface area contributed by atoms with Gasteiger partial charge >= 0.3 is 0 Å². The maximum absolute atomic E-state index is 3.40. The zero-order valence-corrected chi connectivity index (χ0v) is 7.16. The van der Waals surface area contributed by atoms with Gasteiger partial charge in [0.25, 0.3) is 0 Å². The maximum Gasteiger partial charge on any atom is 0.0176 e. The average molecular weight is 162 g/mol. The van der Waals surface area contributed by atoms with Crippen LogP contribution in [0, 0.1) is 6.42 Å². The van der Waals surface area contributed by atoms with Gasteiger partial charge in [0, 0.05) is 11.3 Å². The first-order chi connectivity index (χ1) is 5.47. The molecule has 0 aromatic heterocycles. The molecule has 1 aliphatic rings. The summed E-state index contributed by atoms with van der Waals surface area (Å²) in [4.78, 5) is 1.39. The van der Waals surface area contributed by atoms with E-state index in [1.165, 1.54) is 22.6 Å². The van der Waals surface area contributed by atoms with E-state index in [0.29, 0.717) is 0 Å². The molecular weight excluding hydrogens is 152 g/mol. The van der Waals surface area contributed by atoms with Crippen molar-refractivity contribution in [2.45, 2.75) is 17.7 Å². The minimum absolute atomic E-state index is 1.12. The van der Waals surface area contributed by atoms with E-state index in [0.717, 1.165) is 6.42 Å². The van der Waals surface area contributed by atoms with Crippen LogP contribution in [0.5, 0.6) is 0 Å². The molecule has 0 aliphatic carbocycles. The standard InChI is InChI=1S/C10H10S/c1-2-7-10-9(5-1)6-3-4-8-11-10/h1-2,5,7H,3-4,8H2. The molecule has 1 aliphatic heterocycles. The summed E-state index contributed by atoms with van der Waals surface area (Å²) < 4.78 is 0. The Bertz CT molecular complexity index is 217. The Balaban J connectivity index is 2.33. The molecule has 0 saturated carbocycles. The van der Waals surface area contributed by atoms with E-state index in [2.05, 4.69) is 30.7 Å². The van der Waals surface area contributed by atoms with E-state index in [9.17, 15) is 0 Å². The molecule has 56 valence electrons. The van der Waals surface area contributed by atoms with E-state index in [4.69, 9.17) is 0 Å². The third kappa shape index (κ3) is 1.59. The molecule has 0 nitrogen and oxygen atoms in total. The summed E-state index contributed by atoms with van der Waals surface area (Å²) in [5.41, 5.74) is 1.30. The largest absolute Gasteiger partial charge is 0.126 e. The molecule has 0 amide bonds. The molecule has 0 spiro atoms. The van der Waals surface area contributed by atoms with Crippen LogP contribution < -0.4 is 0 Å². The Morgan fingerprint density at radius 2 is 2.18 bits per heavy atom. The van der Waals surface area contributed by atoms with Crippen LogP contribution in [0.15, 0.2) is 29.2 Å². The van der Waals surface area contributed by atoms with Gasteiger partial charge in [-0.05, 0) is 30.2 Å². The van der Waals surface area contributed by atoms with Crippen LogP contribution in [0.4, 0.5) is 0 Å². The lowest BCUT2D eigenvalue weighted by molar-refractivity contribution is 0.931. The third-order valence-electron chi connectivity index (χ3n) is 1.78. The lowest BCUT2D eigenvalue weighted by Gasteiger charge is -2.01. The van der Waals surface area contributed by atoms with Crippen molar-refractivity contribution in [3.63, 3.8) is 0 Å². The number of benzene rings is 1. The molecule has 0 saturated heterocycles. The normalized spacial score (nSPS) is 17.1. The number of hydrogen-bond acceptors (Lipinski definition) is 1. The van der Waals surface area contributed by atoms with Gasteiger partial charge in [-0.1, -0.05) is 18.2 Å². The smallest absolute Gasteiger partial charge is 0.0176 e. The van der Waals surface area contributed by atoms with Gasteiger partial charge in [0.05, 0.1) is 0 Å². The van der Waals surface area contributed by atoms with Gasteiger partial charge in [-0.25, -0.2) is 0 Å². The highest BCUT2D eigenvalue weighted by atomic mass is 32.2. The number of rotatable bonds is 0. The molecule has 1 heterocycles. The van der Waals surface area contributed by atoms with E-state index in [1.807, 2.05) is 11.8 Å². The molecule has 2 radical (unpaired) electrons. The Labute approximate surface area is 72.0 Å².